The second kappa shape index (κ2) is 8.53. The summed E-state index contributed by atoms with van der Waals surface area (Å²) in [5, 5.41) is 0. The van der Waals surface area contributed by atoms with Gasteiger partial charge in [0.1, 0.15) is 0 Å². The molecular formula is C22H34N2O2. The predicted octanol–water partition coefficient (Wildman–Crippen LogP) is 3.50. The summed E-state index contributed by atoms with van der Waals surface area (Å²) in [7, 11) is 2.00. The van der Waals surface area contributed by atoms with Gasteiger partial charge >= 0.3 is 0 Å². The minimum Gasteiger partial charge on any atom is -0.375 e. The average molecular weight is 359 g/mol. The summed E-state index contributed by atoms with van der Waals surface area (Å²) in [4.78, 5) is 17.5. The molecule has 1 amide bonds. The molecular weight excluding hydrogens is 324 g/mol. The molecule has 0 bridgehead atoms. The summed E-state index contributed by atoms with van der Waals surface area (Å²) in [6.45, 7) is 7.40. The third kappa shape index (κ3) is 4.12. The Balaban J connectivity index is 1.73. The number of carbonyl (C=O) groups is 1. The van der Waals surface area contributed by atoms with Crippen LogP contribution in [0.25, 0.3) is 0 Å². The molecule has 1 saturated carbocycles. The molecule has 2 fully saturated rings. The number of benzene rings is 1. The van der Waals surface area contributed by atoms with Crippen LogP contribution in [-0.4, -0.2) is 60.1 Å². The molecule has 26 heavy (non-hydrogen) atoms. The fourth-order valence-corrected chi connectivity index (χ4v) is 4.93. The SMILES string of the molecule is CCN(CC)[C@H]1C[C@]2(CCCO2)CC[C@@H]1N(C)C(=O)Cc1ccccc1. The molecule has 1 saturated heterocycles. The molecule has 3 atom stereocenters. The van der Waals surface area contributed by atoms with E-state index in [-0.39, 0.29) is 17.6 Å². The molecule has 0 radical (unpaired) electrons. The number of likely N-dealkylation sites (N-methyl/N-ethyl adjacent to an activating group) is 2. The van der Waals surface area contributed by atoms with Gasteiger partial charge in [-0.05, 0) is 50.8 Å². The lowest BCUT2D eigenvalue weighted by Gasteiger charge is -2.49. The Bertz CT molecular complexity index is 579. The quantitative estimate of drug-likeness (QED) is 0.780. The first-order valence-corrected chi connectivity index (χ1v) is 10.3. The molecule has 1 heterocycles. The van der Waals surface area contributed by atoms with Crippen LogP contribution in [-0.2, 0) is 16.0 Å². The van der Waals surface area contributed by atoms with Crippen molar-refractivity contribution in [2.45, 2.75) is 70.1 Å². The van der Waals surface area contributed by atoms with Crippen molar-refractivity contribution in [2.24, 2.45) is 0 Å². The molecule has 4 nitrogen and oxygen atoms in total. The fraction of sp³-hybridized carbons (Fsp3) is 0.682. The lowest BCUT2D eigenvalue weighted by atomic mass is 9.76. The minimum atomic E-state index is 0.0626. The number of ether oxygens (including phenoxy) is 1. The van der Waals surface area contributed by atoms with E-state index in [1.165, 1.54) is 12.8 Å². The summed E-state index contributed by atoms with van der Waals surface area (Å²) >= 11 is 0. The summed E-state index contributed by atoms with van der Waals surface area (Å²) in [5.41, 5.74) is 1.16. The van der Waals surface area contributed by atoms with Crippen LogP contribution < -0.4 is 0 Å². The Morgan fingerprint density at radius 3 is 2.50 bits per heavy atom. The van der Waals surface area contributed by atoms with Gasteiger partial charge < -0.3 is 9.64 Å². The molecule has 0 N–H and O–H groups in total. The second-order valence-electron chi connectivity index (χ2n) is 7.90. The first-order chi connectivity index (χ1) is 12.6. The van der Waals surface area contributed by atoms with Crippen molar-refractivity contribution in [1.29, 1.82) is 0 Å². The highest BCUT2D eigenvalue weighted by atomic mass is 16.5. The lowest BCUT2D eigenvalue weighted by Crippen LogP contribution is -2.58. The Kier molecular flexibility index (Phi) is 6.36. The van der Waals surface area contributed by atoms with E-state index in [2.05, 4.69) is 18.7 Å². The highest BCUT2D eigenvalue weighted by Crippen LogP contribution is 2.42. The van der Waals surface area contributed by atoms with Gasteiger partial charge in [-0.1, -0.05) is 44.2 Å². The summed E-state index contributed by atoms with van der Waals surface area (Å²) in [6.07, 6.45) is 6.02. The van der Waals surface area contributed by atoms with Gasteiger partial charge in [-0.15, -0.1) is 0 Å². The van der Waals surface area contributed by atoms with Crippen LogP contribution in [0, 0.1) is 0 Å². The average Bonchev–Trinajstić information content (AvgIpc) is 3.11. The van der Waals surface area contributed by atoms with Gasteiger partial charge in [-0.25, -0.2) is 0 Å². The predicted molar refractivity (Wildman–Crippen MR) is 105 cm³/mol. The Morgan fingerprint density at radius 1 is 1.15 bits per heavy atom. The van der Waals surface area contributed by atoms with E-state index in [4.69, 9.17) is 4.74 Å². The first-order valence-electron chi connectivity index (χ1n) is 10.3. The van der Waals surface area contributed by atoms with Crippen LogP contribution in [0.5, 0.6) is 0 Å². The minimum absolute atomic E-state index is 0.0626. The van der Waals surface area contributed by atoms with Crippen molar-refractivity contribution in [2.75, 3.05) is 26.7 Å². The number of rotatable bonds is 6. The van der Waals surface area contributed by atoms with E-state index in [1.54, 1.807) is 0 Å². The van der Waals surface area contributed by atoms with E-state index in [9.17, 15) is 4.79 Å². The molecule has 144 valence electrons. The number of carbonyl (C=O) groups excluding carboxylic acids is 1. The third-order valence-electron chi connectivity index (χ3n) is 6.48. The first kappa shape index (κ1) is 19.4. The molecule has 2 aliphatic rings. The maximum atomic E-state index is 12.9. The monoisotopic (exact) mass is 358 g/mol. The Labute approximate surface area is 158 Å². The zero-order valence-electron chi connectivity index (χ0n) is 16.6. The van der Waals surface area contributed by atoms with Gasteiger partial charge in [-0.2, -0.15) is 0 Å². The van der Waals surface area contributed by atoms with Gasteiger partial charge in [0.25, 0.3) is 0 Å². The molecule has 1 spiro atoms. The van der Waals surface area contributed by atoms with Crippen LogP contribution in [0.1, 0.15) is 51.5 Å². The molecule has 3 rings (SSSR count). The second-order valence-corrected chi connectivity index (χ2v) is 7.90. The lowest BCUT2D eigenvalue weighted by molar-refractivity contribution is -0.137. The smallest absolute Gasteiger partial charge is 0.227 e. The topological polar surface area (TPSA) is 32.8 Å². The zero-order valence-corrected chi connectivity index (χ0v) is 16.6. The van der Waals surface area contributed by atoms with Gasteiger partial charge in [0.15, 0.2) is 0 Å². The van der Waals surface area contributed by atoms with Crippen LogP contribution in [0.15, 0.2) is 30.3 Å². The molecule has 1 aliphatic carbocycles. The molecule has 0 aromatic heterocycles. The van der Waals surface area contributed by atoms with Gasteiger partial charge in [-0.3, -0.25) is 9.69 Å². The van der Waals surface area contributed by atoms with Gasteiger partial charge in [0.05, 0.1) is 12.0 Å². The third-order valence-corrected chi connectivity index (χ3v) is 6.48. The van der Waals surface area contributed by atoms with Gasteiger partial charge in [0.2, 0.25) is 5.91 Å². The van der Waals surface area contributed by atoms with E-state index in [0.29, 0.717) is 12.5 Å². The van der Waals surface area contributed by atoms with Crippen molar-refractivity contribution in [3.63, 3.8) is 0 Å². The molecule has 1 aliphatic heterocycles. The largest absolute Gasteiger partial charge is 0.375 e. The summed E-state index contributed by atoms with van der Waals surface area (Å²) < 4.78 is 6.20. The van der Waals surface area contributed by atoms with E-state index >= 15 is 0 Å². The number of nitrogens with zero attached hydrogens (tertiary/aromatic N) is 2. The van der Waals surface area contributed by atoms with Crippen LogP contribution in [0.3, 0.4) is 0 Å². The van der Waals surface area contributed by atoms with Crippen molar-refractivity contribution in [3.8, 4) is 0 Å². The van der Waals surface area contributed by atoms with Crippen molar-refractivity contribution in [1.82, 2.24) is 9.80 Å². The number of hydrogen-bond acceptors (Lipinski definition) is 3. The van der Waals surface area contributed by atoms with Crippen molar-refractivity contribution >= 4 is 5.91 Å². The number of hydrogen-bond donors (Lipinski definition) is 0. The van der Waals surface area contributed by atoms with E-state index in [0.717, 1.165) is 44.5 Å². The van der Waals surface area contributed by atoms with E-state index in [1.807, 2.05) is 42.3 Å². The Morgan fingerprint density at radius 2 is 1.88 bits per heavy atom. The molecule has 1 aromatic carbocycles. The highest BCUT2D eigenvalue weighted by molar-refractivity contribution is 5.78. The molecule has 1 aromatic rings. The Hall–Kier alpha value is -1.39. The fourth-order valence-electron chi connectivity index (χ4n) is 4.93. The summed E-state index contributed by atoms with van der Waals surface area (Å²) in [6, 6.07) is 10.7. The maximum absolute atomic E-state index is 12.9. The van der Waals surface area contributed by atoms with Crippen molar-refractivity contribution < 1.29 is 9.53 Å². The molecule has 4 heteroatoms. The van der Waals surface area contributed by atoms with Crippen molar-refractivity contribution in [3.05, 3.63) is 35.9 Å². The van der Waals surface area contributed by atoms with E-state index < -0.39 is 0 Å². The highest BCUT2D eigenvalue weighted by Gasteiger charge is 2.46. The summed E-state index contributed by atoms with van der Waals surface area (Å²) in [5.74, 6) is 0.224. The maximum Gasteiger partial charge on any atom is 0.227 e. The van der Waals surface area contributed by atoms with Gasteiger partial charge in [0, 0.05) is 25.7 Å². The number of amides is 1. The van der Waals surface area contributed by atoms with Crippen LogP contribution in [0.2, 0.25) is 0 Å². The normalized spacial score (nSPS) is 28.6. The van der Waals surface area contributed by atoms with Crippen LogP contribution in [0.4, 0.5) is 0 Å². The standard InChI is InChI=1S/C22H34N2O2/c1-4-24(5-2)20-17-22(13-9-15-26-22)14-12-19(20)23(3)21(25)16-18-10-7-6-8-11-18/h6-8,10-11,19-20H,4-5,9,12-17H2,1-3H3/t19-,20-,22-/m0/s1. The van der Waals surface area contributed by atoms with Crippen LogP contribution >= 0.6 is 0 Å². The zero-order chi connectivity index (χ0) is 18.6. The molecule has 0 unspecified atom stereocenters.